The minimum Gasteiger partial charge on any atom is -0.346 e. The molecule has 0 bridgehead atoms. The predicted molar refractivity (Wildman–Crippen MR) is 25.6 cm³/mol. The molecule has 0 unspecified atom stereocenters. The standard InChI is InChI=1S/C2H2N2O.C2H4/c1-2-5-4-3-1;1-2/h1-2H;1-2H2. The first-order valence-corrected chi connectivity index (χ1v) is 1.71. The Morgan fingerprint density at radius 2 is 2.14 bits per heavy atom. The van der Waals surface area contributed by atoms with E-state index in [1.165, 1.54) is 12.5 Å². The van der Waals surface area contributed by atoms with Gasteiger partial charge in [-0.1, -0.05) is 0 Å². The van der Waals surface area contributed by atoms with Crippen LogP contribution in [0, 0.1) is 0 Å². The van der Waals surface area contributed by atoms with Crippen LogP contribution in [0.25, 0.3) is 0 Å². The Hall–Kier alpha value is -1.12. The Morgan fingerprint density at radius 3 is 2.29 bits per heavy atom. The molecule has 1 heterocycles. The fourth-order valence-electron chi connectivity index (χ4n) is 0.136. The zero-order valence-electron chi connectivity index (χ0n) is 3.87. The van der Waals surface area contributed by atoms with Crippen molar-refractivity contribution in [2.75, 3.05) is 0 Å². The second-order valence-electron chi connectivity index (χ2n) is 0.588. The molecule has 0 amide bonds. The molecule has 0 spiro atoms. The van der Waals surface area contributed by atoms with E-state index in [2.05, 4.69) is 28.1 Å². The molecule has 0 aliphatic carbocycles. The number of aromatic nitrogens is 2. The summed E-state index contributed by atoms with van der Waals surface area (Å²) in [7, 11) is 0. The first-order chi connectivity index (χ1) is 3.50. The summed E-state index contributed by atoms with van der Waals surface area (Å²) in [5, 5.41) is 6.40. The average molecular weight is 98.1 g/mol. The van der Waals surface area contributed by atoms with Gasteiger partial charge in [-0.2, -0.15) is 0 Å². The van der Waals surface area contributed by atoms with Gasteiger partial charge in [0.1, 0.15) is 6.26 Å². The zero-order valence-corrected chi connectivity index (χ0v) is 3.87. The number of hydrogen-bond donors (Lipinski definition) is 0. The van der Waals surface area contributed by atoms with Crippen molar-refractivity contribution in [1.29, 1.82) is 0 Å². The molecule has 0 aliphatic rings. The quantitative estimate of drug-likeness (QED) is 0.452. The van der Waals surface area contributed by atoms with Crippen molar-refractivity contribution in [1.82, 2.24) is 10.4 Å². The molecule has 3 nitrogen and oxygen atoms in total. The molecule has 1 aromatic heterocycles. The highest BCUT2D eigenvalue weighted by Gasteiger charge is 1.61. The Morgan fingerprint density at radius 1 is 1.43 bits per heavy atom. The maximum Gasteiger partial charge on any atom is 0.144 e. The van der Waals surface area contributed by atoms with Crippen LogP contribution in [0.1, 0.15) is 0 Å². The van der Waals surface area contributed by atoms with E-state index in [1.54, 1.807) is 0 Å². The third kappa shape index (κ3) is 2.69. The average Bonchev–Trinajstić information content (AvgIpc) is 2.23. The molecule has 1 aromatic rings. The minimum atomic E-state index is 1.40. The van der Waals surface area contributed by atoms with Crippen LogP contribution in [-0.4, -0.2) is 10.4 Å². The van der Waals surface area contributed by atoms with Gasteiger partial charge in [-0.25, -0.2) is 0 Å². The Labute approximate surface area is 41.6 Å². The largest absolute Gasteiger partial charge is 0.346 e. The predicted octanol–water partition coefficient (Wildman–Crippen LogP) is 0.872. The van der Waals surface area contributed by atoms with Gasteiger partial charge in [-0.15, -0.1) is 18.3 Å². The van der Waals surface area contributed by atoms with Crippen LogP contribution in [0.15, 0.2) is 30.1 Å². The van der Waals surface area contributed by atoms with Gasteiger partial charge in [0, 0.05) is 5.27 Å². The highest BCUT2D eigenvalue weighted by Crippen LogP contribution is 1.64. The number of hydrogen-bond acceptors (Lipinski definition) is 3. The van der Waals surface area contributed by atoms with Crippen LogP contribution in [0.4, 0.5) is 0 Å². The van der Waals surface area contributed by atoms with E-state index >= 15 is 0 Å². The molecule has 0 atom stereocenters. The summed E-state index contributed by atoms with van der Waals surface area (Å²) < 4.78 is 4.22. The third-order valence-corrected chi connectivity index (χ3v) is 0.283. The molecule has 0 saturated heterocycles. The summed E-state index contributed by atoms with van der Waals surface area (Å²) in [5.41, 5.74) is 0. The lowest BCUT2D eigenvalue weighted by Gasteiger charge is -1.45. The SMILES string of the molecule is C=C.c1conn1. The van der Waals surface area contributed by atoms with Crippen molar-refractivity contribution in [2.24, 2.45) is 0 Å². The van der Waals surface area contributed by atoms with Crippen LogP contribution in [0.2, 0.25) is 0 Å². The second-order valence-corrected chi connectivity index (χ2v) is 0.588. The maximum atomic E-state index is 4.22. The molecule has 3 heteroatoms. The summed E-state index contributed by atoms with van der Waals surface area (Å²) in [6.07, 6.45) is 2.88. The van der Waals surface area contributed by atoms with E-state index in [9.17, 15) is 0 Å². The monoisotopic (exact) mass is 98.0 g/mol. The van der Waals surface area contributed by atoms with Crippen LogP contribution in [0.3, 0.4) is 0 Å². The molecular weight excluding hydrogens is 92.1 g/mol. The summed E-state index contributed by atoms with van der Waals surface area (Å²) >= 11 is 0. The number of nitrogens with zero attached hydrogens (tertiary/aromatic N) is 2. The third-order valence-electron chi connectivity index (χ3n) is 0.283. The van der Waals surface area contributed by atoms with E-state index in [4.69, 9.17) is 0 Å². The first kappa shape index (κ1) is 5.88. The van der Waals surface area contributed by atoms with E-state index < -0.39 is 0 Å². The summed E-state index contributed by atoms with van der Waals surface area (Å²) in [6, 6.07) is 0. The zero-order chi connectivity index (χ0) is 5.54. The van der Waals surface area contributed by atoms with E-state index in [0.717, 1.165) is 0 Å². The topological polar surface area (TPSA) is 38.9 Å². The van der Waals surface area contributed by atoms with Crippen molar-refractivity contribution in [3.8, 4) is 0 Å². The molecule has 0 aromatic carbocycles. The minimum absolute atomic E-state index is 1.40. The van der Waals surface area contributed by atoms with Crippen LogP contribution < -0.4 is 0 Å². The lowest BCUT2D eigenvalue weighted by molar-refractivity contribution is 0.393. The molecular formula is C4H6N2O. The Balaban J connectivity index is 0.000000162. The van der Waals surface area contributed by atoms with Gasteiger partial charge in [-0.05, 0) is 0 Å². The van der Waals surface area contributed by atoms with Gasteiger partial charge >= 0.3 is 0 Å². The van der Waals surface area contributed by atoms with E-state index in [-0.39, 0.29) is 0 Å². The molecule has 0 N–H and O–H groups in total. The highest BCUT2D eigenvalue weighted by molar-refractivity contribution is 4.48. The molecule has 1 rings (SSSR count). The van der Waals surface area contributed by atoms with Crippen LogP contribution in [0.5, 0.6) is 0 Å². The van der Waals surface area contributed by atoms with Crippen molar-refractivity contribution in [3.05, 3.63) is 25.6 Å². The van der Waals surface area contributed by atoms with E-state index in [1.807, 2.05) is 0 Å². The number of rotatable bonds is 0. The molecule has 0 saturated carbocycles. The summed E-state index contributed by atoms with van der Waals surface area (Å²) in [5.74, 6) is 0. The van der Waals surface area contributed by atoms with E-state index in [0.29, 0.717) is 0 Å². The second kappa shape index (κ2) is 4.88. The fourth-order valence-corrected chi connectivity index (χ4v) is 0.136. The summed E-state index contributed by atoms with van der Waals surface area (Å²) in [6.45, 7) is 6.00. The van der Waals surface area contributed by atoms with Crippen LogP contribution in [-0.2, 0) is 0 Å². The van der Waals surface area contributed by atoms with Gasteiger partial charge in [0.25, 0.3) is 0 Å². The highest BCUT2D eigenvalue weighted by atomic mass is 16.5. The van der Waals surface area contributed by atoms with Gasteiger partial charge in [-0.3, -0.25) is 0 Å². The molecule has 0 radical (unpaired) electrons. The van der Waals surface area contributed by atoms with Crippen molar-refractivity contribution in [2.45, 2.75) is 0 Å². The van der Waals surface area contributed by atoms with Gasteiger partial charge < -0.3 is 4.52 Å². The lowest BCUT2D eigenvalue weighted by atomic mass is 11.0. The van der Waals surface area contributed by atoms with Crippen molar-refractivity contribution in [3.63, 3.8) is 0 Å². The first-order valence-electron chi connectivity index (χ1n) is 1.71. The Bertz CT molecular complexity index is 76.6. The van der Waals surface area contributed by atoms with Crippen molar-refractivity contribution >= 4 is 0 Å². The molecule has 38 valence electrons. The normalized spacial score (nSPS) is 6.29. The molecule has 7 heavy (non-hydrogen) atoms. The van der Waals surface area contributed by atoms with Gasteiger partial charge in [0.2, 0.25) is 0 Å². The smallest absolute Gasteiger partial charge is 0.144 e. The lowest BCUT2D eigenvalue weighted by Crippen LogP contribution is -1.53. The fraction of sp³-hybridized carbons (Fsp3) is 0. The van der Waals surface area contributed by atoms with Crippen molar-refractivity contribution < 1.29 is 4.52 Å². The summed E-state index contributed by atoms with van der Waals surface area (Å²) in [4.78, 5) is 0. The van der Waals surface area contributed by atoms with Gasteiger partial charge in [0.05, 0.1) is 6.20 Å². The molecule has 0 fully saturated rings. The van der Waals surface area contributed by atoms with Gasteiger partial charge in [0.15, 0.2) is 0 Å². The Kier molecular flexibility index (Phi) is 4.10. The molecule has 0 aliphatic heterocycles. The van der Waals surface area contributed by atoms with Crippen LogP contribution >= 0.6 is 0 Å². The maximum absolute atomic E-state index is 4.22.